The Bertz CT molecular complexity index is 817. The number of nitriles is 1. The van der Waals surface area contributed by atoms with Crippen LogP contribution in [0.5, 0.6) is 0 Å². The van der Waals surface area contributed by atoms with E-state index in [1.54, 1.807) is 6.07 Å². The molecule has 6 nitrogen and oxygen atoms in total. The molecule has 1 heterocycles. The predicted octanol–water partition coefficient (Wildman–Crippen LogP) is 3.84. The number of rotatable bonds is 3. The molecule has 3 rings (SSSR count). The summed E-state index contributed by atoms with van der Waals surface area (Å²) in [7, 11) is 0. The van der Waals surface area contributed by atoms with Gasteiger partial charge < -0.3 is 9.80 Å². The Balaban J connectivity index is 1.73. The summed E-state index contributed by atoms with van der Waals surface area (Å²) in [4.78, 5) is 14.8. The van der Waals surface area contributed by atoms with Gasteiger partial charge in [0.25, 0.3) is 5.69 Å². The highest BCUT2D eigenvalue weighted by atomic mass is 35.5. The minimum absolute atomic E-state index is 0.00258. The van der Waals surface area contributed by atoms with Crippen molar-refractivity contribution in [3.05, 3.63) is 63.2 Å². The van der Waals surface area contributed by atoms with Gasteiger partial charge in [-0.1, -0.05) is 11.6 Å². The molecule has 7 heteroatoms. The minimum Gasteiger partial charge on any atom is -0.370 e. The molecule has 0 N–H and O–H groups in total. The fourth-order valence-electron chi connectivity index (χ4n) is 3.03. The topological polar surface area (TPSA) is 73.4 Å². The van der Waals surface area contributed by atoms with E-state index in [1.165, 1.54) is 12.1 Å². The maximum Gasteiger partial charge on any atom is 0.271 e. The third-order valence-corrected chi connectivity index (χ3v) is 4.64. The van der Waals surface area contributed by atoms with Crippen LogP contribution in [0.3, 0.4) is 0 Å². The second kappa shape index (κ2) is 7.41. The van der Waals surface area contributed by atoms with E-state index in [4.69, 9.17) is 16.9 Å². The third-order valence-electron chi connectivity index (χ3n) is 4.34. The van der Waals surface area contributed by atoms with E-state index < -0.39 is 4.92 Å². The molecule has 0 amide bonds. The summed E-state index contributed by atoms with van der Waals surface area (Å²) in [5.41, 5.74) is 2.57. The van der Waals surface area contributed by atoms with Crippen molar-refractivity contribution in [2.75, 3.05) is 36.0 Å². The van der Waals surface area contributed by atoms with Crippen molar-refractivity contribution in [1.82, 2.24) is 0 Å². The zero-order chi connectivity index (χ0) is 17.8. The fourth-order valence-corrected chi connectivity index (χ4v) is 3.32. The average molecular weight is 357 g/mol. The minimum atomic E-state index is -0.440. The molecule has 0 radical (unpaired) electrons. The lowest BCUT2D eigenvalue weighted by atomic mass is 10.2. The molecule has 0 bridgehead atoms. The first-order chi connectivity index (χ1) is 12.1. The van der Waals surface area contributed by atoms with Crippen LogP contribution in [0.2, 0.25) is 5.02 Å². The van der Waals surface area contributed by atoms with Gasteiger partial charge in [-0.25, -0.2) is 0 Å². The van der Waals surface area contributed by atoms with Crippen LogP contribution in [0.4, 0.5) is 17.1 Å². The molecule has 0 unspecified atom stereocenters. The molecule has 0 aliphatic carbocycles. The number of nitrogens with zero attached hydrogens (tertiary/aromatic N) is 4. The molecule has 1 aliphatic rings. The summed E-state index contributed by atoms with van der Waals surface area (Å²) in [6.45, 7) is 3.34. The quantitative estimate of drug-likeness (QED) is 0.617. The van der Waals surface area contributed by atoms with Gasteiger partial charge in [0.2, 0.25) is 0 Å². The molecule has 0 atom stereocenters. The zero-order valence-electron chi connectivity index (χ0n) is 13.6. The fraction of sp³-hybridized carbons (Fsp3) is 0.278. The number of anilines is 2. The van der Waals surface area contributed by atoms with Crippen molar-refractivity contribution in [2.45, 2.75) is 6.42 Å². The zero-order valence-corrected chi connectivity index (χ0v) is 14.3. The van der Waals surface area contributed by atoms with Crippen molar-refractivity contribution < 1.29 is 4.92 Å². The van der Waals surface area contributed by atoms with Crippen molar-refractivity contribution in [3.8, 4) is 6.07 Å². The lowest BCUT2D eigenvalue weighted by Crippen LogP contribution is -2.30. The highest BCUT2D eigenvalue weighted by Gasteiger charge is 2.19. The maximum atomic E-state index is 10.8. The van der Waals surface area contributed by atoms with Crippen LogP contribution in [0, 0.1) is 21.4 Å². The second-order valence-corrected chi connectivity index (χ2v) is 6.29. The molecular weight excluding hydrogens is 340 g/mol. The molecule has 1 fully saturated rings. The number of benzene rings is 2. The molecule has 0 aromatic heterocycles. The Hall–Kier alpha value is -2.78. The van der Waals surface area contributed by atoms with Gasteiger partial charge in [-0.2, -0.15) is 5.26 Å². The van der Waals surface area contributed by atoms with Gasteiger partial charge in [0.15, 0.2) is 0 Å². The molecule has 2 aromatic carbocycles. The van der Waals surface area contributed by atoms with Gasteiger partial charge >= 0.3 is 0 Å². The van der Waals surface area contributed by atoms with E-state index in [0.29, 0.717) is 10.6 Å². The Kier molecular flexibility index (Phi) is 5.05. The second-order valence-electron chi connectivity index (χ2n) is 5.88. The summed E-state index contributed by atoms with van der Waals surface area (Å²) in [5, 5.41) is 20.2. The highest BCUT2D eigenvalue weighted by Crippen LogP contribution is 2.31. The maximum absolute atomic E-state index is 10.8. The third kappa shape index (κ3) is 3.83. The predicted molar refractivity (Wildman–Crippen MR) is 98.3 cm³/mol. The number of hydrogen-bond acceptors (Lipinski definition) is 5. The number of nitro benzene ring substituents is 1. The molecule has 0 spiro atoms. The Morgan fingerprint density at radius 1 is 1.04 bits per heavy atom. The summed E-state index contributed by atoms with van der Waals surface area (Å²) in [5.74, 6) is 0. The van der Waals surface area contributed by atoms with E-state index in [1.807, 2.05) is 24.3 Å². The average Bonchev–Trinajstić information content (AvgIpc) is 2.87. The van der Waals surface area contributed by atoms with Crippen molar-refractivity contribution >= 4 is 28.7 Å². The van der Waals surface area contributed by atoms with Gasteiger partial charge in [0.1, 0.15) is 0 Å². The molecule has 25 heavy (non-hydrogen) atoms. The molecule has 0 saturated carbocycles. The Morgan fingerprint density at radius 2 is 1.72 bits per heavy atom. The van der Waals surface area contributed by atoms with Gasteiger partial charge in [-0.15, -0.1) is 0 Å². The number of nitro groups is 1. The van der Waals surface area contributed by atoms with Gasteiger partial charge in [-0.05, 0) is 36.8 Å². The summed E-state index contributed by atoms with van der Waals surface area (Å²) < 4.78 is 0. The molecule has 128 valence electrons. The normalized spacial score (nSPS) is 14.7. The smallest absolute Gasteiger partial charge is 0.271 e. The number of halogens is 1. The van der Waals surface area contributed by atoms with Crippen LogP contribution in [0.25, 0.3) is 0 Å². The summed E-state index contributed by atoms with van der Waals surface area (Å²) >= 11 is 6.26. The monoisotopic (exact) mass is 356 g/mol. The lowest BCUT2D eigenvalue weighted by molar-refractivity contribution is -0.384. The Labute approximate surface area is 151 Å². The van der Waals surface area contributed by atoms with Crippen LogP contribution >= 0.6 is 11.6 Å². The van der Waals surface area contributed by atoms with E-state index in [2.05, 4.69) is 15.9 Å². The van der Waals surface area contributed by atoms with Crippen LogP contribution in [0.1, 0.15) is 12.0 Å². The van der Waals surface area contributed by atoms with Crippen LogP contribution in [-0.2, 0) is 0 Å². The molecule has 1 saturated heterocycles. The van der Waals surface area contributed by atoms with Crippen LogP contribution < -0.4 is 9.80 Å². The summed E-state index contributed by atoms with van der Waals surface area (Å²) in [6.07, 6.45) is 0.952. The van der Waals surface area contributed by atoms with E-state index in [9.17, 15) is 10.1 Å². The lowest BCUT2D eigenvalue weighted by Gasteiger charge is -2.25. The van der Waals surface area contributed by atoms with Crippen molar-refractivity contribution in [3.63, 3.8) is 0 Å². The molecule has 1 aliphatic heterocycles. The van der Waals surface area contributed by atoms with Gasteiger partial charge in [0.05, 0.1) is 27.3 Å². The number of non-ortho nitro benzene ring substituents is 1. The first kappa shape index (κ1) is 17.1. The van der Waals surface area contributed by atoms with Crippen LogP contribution in [-0.4, -0.2) is 31.1 Å². The first-order valence-electron chi connectivity index (χ1n) is 8.02. The van der Waals surface area contributed by atoms with E-state index in [-0.39, 0.29) is 5.69 Å². The van der Waals surface area contributed by atoms with E-state index >= 15 is 0 Å². The largest absolute Gasteiger partial charge is 0.370 e. The highest BCUT2D eigenvalue weighted by molar-refractivity contribution is 6.33. The van der Waals surface area contributed by atoms with E-state index in [0.717, 1.165) is 44.0 Å². The van der Waals surface area contributed by atoms with Crippen LogP contribution in [0.15, 0.2) is 42.5 Å². The van der Waals surface area contributed by atoms with Gasteiger partial charge in [-0.3, -0.25) is 10.1 Å². The molecular formula is C18H17ClN4O2. The van der Waals surface area contributed by atoms with Crippen molar-refractivity contribution in [2.24, 2.45) is 0 Å². The number of hydrogen-bond donors (Lipinski definition) is 0. The summed E-state index contributed by atoms with van der Waals surface area (Å²) in [6, 6.07) is 14.3. The van der Waals surface area contributed by atoms with Gasteiger partial charge in [0, 0.05) is 44.0 Å². The van der Waals surface area contributed by atoms with Crippen molar-refractivity contribution in [1.29, 1.82) is 5.26 Å². The Morgan fingerprint density at radius 3 is 2.36 bits per heavy atom. The first-order valence-corrected chi connectivity index (χ1v) is 8.40. The standard InChI is InChI=1S/C18H17ClN4O2/c19-17-12-16(23(24)25)6-7-18(17)22-9-1-8-21(10-11-22)15-4-2-14(13-20)3-5-15/h2-7,12H,1,8-11H2. The molecule has 2 aromatic rings. The SMILES string of the molecule is N#Cc1ccc(N2CCCN(c3ccc([N+](=O)[O-])cc3Cl)CC2)cc1.